The molecule has 1 atom stereocenters. The van der Waals surface area contributed by atoms with Crippen LogP contribution in [0.1, 0.15) is 27.1 Å². The molecule has 2 aromatic carbocycles. The van der Waals surface area contributed by atoms with Crippen LogP contribution < -0.4 is 4.74 Å². The number of aliphatic carboxylic acids is 1. The number of benzene rings is 2. The summed E-state index contributed by atoms with van der Waals surface area (Å²) in [6.07, 6.45) is 1.56. The molecule has 5 nitrogen and oxygen atoms in total. The van der Waals surface area contributed by atoms with Gasteiger partial charge in [-0.15, -0.1) is 11.3 Å². The number of halogens is 1. The number of pyridine rings is 1. The minimum absolute atomic E-state index is 0.165. The highest BCUT2D eigenvalue weighted by atomic mass is 32.1. The number of hydrogen-bond acceptors (Lipinski definition) is 5. The molecule has 156 valence electrons. The van der Waals surface area contributed by atoms with Crippen molar-refractivity contribution in [2.24, 2.45) is 0 Å². The SMILES string of the molecule is COc1ccc(C(c2ccccn2)c2nc(-c3ccc(F)cc3)c(CC(=O)O)s2)cc1. The van der Waals surface area contributed by atoms with Gasteiger partial charge in [-0.3, -0.25) is 9.78 Å². The van der Waals surface area contributed by atoms with Gasteiger partial charge in [0.05, 0.1) is 30.8 Å². The van der Waals surface area contributed by atoms with Crippen molar-refractivity contribution >= 4 is 17.3 Å². The third-order valence-corrected chi connectivity index (χ3v) is 5.94. The van der Waals surface area contributed by atoms with Crippen LogP contribution >= 0.6 is 11.3 Å². The van der Waals surface area contributed by atoms with Crippen molar-refractivity contribution in [3.63, 3.8) is 0 Å². The Hall–Kier alpha value is -3.58. The fourth-order valence-electron chi connectivity index (χ4n) is 3.37. The molecule has 0 aliphatic heterocycles. The maximum atomic E-state index is 13.4. The van der Waals surface area contributed by atoms with Crippen molar-refractivity contribution in [2.45, 2.75) is 12.3 Å². The van der Waals surface area contributed by atoms with E-state index in [0.717, 1.165) is 22.0 Å². The first-order chi connectivity index (χ1) is 15.0. The molecule has 1 unspecified atom stereocenters. The molecule has 0 aliphatic carbocycles. The first-order valence-electron chi connectivity index (χ1n) is 9.57. The summed E-state index contributed by atoms with van der Waals surface area (Å²) in [4.78, 5) is 21.5. The molecule has 1 N–H and O–H groups in total. The quantitative estimate of drug-likeness (QED) is 0.435. The molecule has 0 saturated heterocycles. The average molecular weight is 434 g/mol. The second-order valence-corrected chi connectivity index (χ2v) is 7.98. The molecule has 0 radical (unpaired) electrons. The number of methoxy groups -OCH3 is 1. The predicted molar refractivity (Wildman–Crippen MR) is 117 cm³/mol. The fraction of sp³-hybridized carbons (Fsp3) is 0.125. The van der Waals surface area contributed by atoms with Crippen molar-refractivity contribution in [3.8, 4) is 17.0 Å². The highest BCUT2D eigenvalue weighted by Gasteiger charge is 2.25. The monoisotopic (exact) mass is 434 g/mol. The van der Waals surface area contributed by atoms with Gasteiger partial charge in [0.15, 0.2) is 0 Å². The van der Waals surface area contributed by atoms with Gasteiger partial charge in [0, 0.05) is 16.6 Å². The summed E-state index contributed by atoms with van der Waals surface area (Å²) in [5.41, 5.74) is 2.99. The van der Waals surface area contributed by atoms with Crippen LogP contribution in [0.3, 0.4) is 0 Å². The first-order valence-corrected chi connectivity index (χ1v) is 10.4. The number of ether oxygens (including phenoxy) is 1. The number of carboxylic acid groups (broad SMARTS) is 1. The maximum Gasteiger partial charge on any atom is 0.308 e. The zero-order valence-electron chi connectivity index (χ0n) is 16.7. The molecule has 7 heteroatoms. The molecular weight excluding hydrogens is 415 g/mol. The summed E-state index contributed by atoms with van der Waals surface area (Å²) >= 11 is 1.34. The molecule has 2 aromatic heterocycles. The number of nitrogens with zero attached hydrogens (tertiary/aromatic N) is 2. The minimum Gasteiger partial charge on any atom is -0.497 e. The van der Waals surface area contributed by atoms with Crippen LogP contribution in [0.25, 0.3) is 11.3 Å². The summed E-state index contributed by atoms with van der Waals surface area (Å²) in [5, 5.41) is 10.1. The van der Waals surface area contributed by atoms with E-state index in [4.69, 9.17) is 9.72 Å². The lowest BCUT2D eigenvalue weighted by Crippen LogP contribution is -2.05. The van der Waals surface area contributed by atoms with E-state index in [1.165, 1.54) is 23.5 Å². The van der Waals surface area contributed by atoms with Crippen LogP contribution in [0.2, 0.25) is 0 Å². The zero-order chi connectivity index (χ0) is 21.8. The molecule has 0 spiro atoms. The first kappa shape index (κ1) is 20.7. The Kier molecular flexibility index (Phi) is 6.04. The van der Waals surface area contributed by atoms with Gasteiger partial charge in [-0.25, -0.2) is 9.37 Å². The lowest BCUT2D eigenvalue weighted by atomic mass is 9.95. The second kappa shape index (κ2) is 9.06. The van der Waals surface area contributed by atoms with Crippen molar-refractivity contribution in [1.29, 1.82) is 0 Å². The number of aromatic nitrogens is 2. The van der Waals surface area contributed by atoms with Gasteiger partial charge in [0.25, 0.3) is 0 Å². The molecule has 31 heavy (non-hydrogen) atoms. The van der Waals surface area contributed by atoms with Crippen molar-refractivity contribution in [1.82, 2.24) is 9.97 Å². The summed E-state index contributed by atoms with van der Waals surface area (Å²) in [6, 6.07) is 19.2. The van der Waals surface area contributed by atoms with E-state index in [1.807, 2.05) is 42.5 Å². The normalized spacial score (nSPS) is 11.8. The minimum atomic E-state index is -0.947. The fourth-order valence-corrected chi connectivity index (χ4v) is 4.59. The smallest absolute Gasteiger partial charge is 0.308 e. The van der Waals surface area contributed by atoms with Crippen LogP contribution in [0.4, 0.5) is 4.39 Å². The van der Waals surface area contributed by atoms with Crippen molar-refractivity contribution in [2.75, 3.05) is 7.11 Å². The Labute approximate surface area is 182 Å². The average Bonchev–Trinajstić information content (AvgIpc) is 3.18. The third kappa shape index (κ3) is 4.62. The zero-order valence-corrected chi connectivity index (χ0v) is 17.5. The Balaban J connectivity index is 1.86. The van der Waals surface area contributed by atoms with Crippen LogP contribution in [0, 0.1) is 5.82 Å². The van der Waals surface area contributed by atoms with Crippen molar-refractivity contribution in [3.05, 3.63) is 99.9 Å². The Morgan fingerprint density at radius 1 is 1.10 bits per heavy atom. The molecule has 0 aliphatic rings. The lowest BCUT2D eigenvalue weighted by Gasteiger charge is -2.15. The third-order valence-electron chi connectivity index (χ3n) is 4.82. The molecule has 0 fully saturated rings. The predicted octanol–water partition coefficient (Wildman–Crippen LogP) is 5.16. The van der Waals surface area contributed by atoms with E-state index in [0.29, 0.717) is 16.1 Å². The number of carbonyl (C=O) groups is 1. The molecule has 0 saturated carbocycles. The van der Waals surface area contributed by atoms with Crippen LogP contribution in [0.5, 0.6) is 5.75 Å². The number of carboxylic acids is 1. The topological polar surface area (TPSA) is 72.3 Å². The van der Waals surface area contributed by atoms with Gasteiger partial charge in [0.2, 0.25) is 0 Å². The van der Waals surface area contributed by atoms with Crippen molar-refractivity contribution < 1.29 is 19.0 Å². The van der Waals surface area contributed by atoms with Gasteiger partial charge in [-0.05, 0) is 54.1 Å². The van der Waals surface area contributed by atoms with Crippen LogP contribution in [-0.4, -0.2) is 28.2 Å². The number of rotatable bonds is 7. The van der Waals surface area contributed by atoms with E-state index >= 15 is 0 Å². The number of thiazole rings is 1. The van der Waals surface area contributed by atoms with Crippen LogP contribution in [-0.2, 0) is 11.2 Å². The van der Waals surface area contributed by atoms with Crippen LogP contribution in [0.15, 0.2) is 72.9 Å². The van der Waals surface area contributed by atoms with Gasteiger partial charge in [0.1, 0.15) is 16.6 Å². The van der Waals surface area contributed by atoms with Gasteiger partial charge >= 0.3 is 5.97 Å². The Morgan fingerprint density at radius 2 is 1.84 bits per heavy atom. The molecule has 0 bridgehead atoms. The molecule has 4 rings (SSSR count). The summed E-state index contributed by atoms with van der Waals surface area (Å²) in [7, 11) is 1.61. The van der Waals surface area contributed by atoms with Gasteiger partial charge in [-0.1, -0.05) is 18.2 Å². The summed E-state index contributed by atoms with van der Waals surface area (Å²) < 4.78 is 18.7. The van der Waals surface area contributed by atoms with Gasteiger partial charge < -0.3 is 9.84 Å². The van der Waals surface area contributed by atoms with Gasteiger partial charge in [-0.2, -0.15) is 0 Å². The lowest BCUT2D eigenvalue weighted by molar-refractivity contribution is -0.136. The molecule has 0 amide bonds. The summed E-state index contributed by atoms with van der Waals surface area (Å²) in [5.74, 6) is -0.846. The van der Waals surface area contributed by atoms with E-state index in [1.54, 1.807) is 25.4 Å². The molecular formula is C24H19FN2O3S. The van der Waals surface area contributed by atoms with E-state index in [2.05, 4.69) is 4.98 Å². The molecule has 2 heterocycles. The Morgan fingerprint density at radius 3 is 2.45 bits per heavy atom. The highest BCUT2D eigenvalue weighted by Crippen LogP contribution is 2.38. The van der Waals surface area contributed by atoms with E-state index in [-0.39, 0.29) is 18.2 Å². The maximum absolute atomic E-state index is 13.4. The highest BCUT2D eigenvalue weighted by molar-refractivity contribution is 7.12. The Bertz CT molecular complexity index is 1180. The largest absolute Gasteiger partial charge is 0.497 e. The second-order valence-electron chi connectivity index (χ2n) is 6.86. The molecule has 4 aromatic rings. The van der Waals surface area contributed by atoms with E-state index < -0.39 is 5.97 Å². The van der Waals surface area contributed by atoms with E-state index in [9.17, 15) is 14.3 Å². The number of hydrogen-bond donors (Lipinski definition) is 1. The standard InChI is InChI=1S/C24H19FN2O3S/c1-30-18-11-7-15(8-12-18)22(19-4-2-3-13-26-19)24-27-23(20(31-24)14-21(28)29)16-5-9-17(25)10-6-16/h2-13,22H,14H2,1H3,(H,28,29). The summed E-state index contributed by atoms with van der Waals surface area (Å²) in [6.45, 7) is 0.